The Morgan fingerprint density at radius 1 is 1.38 bits per heavy atom. The predicted octanol–water partition coefficient (Wildman–Crippen LogP) is 3.47. The Hall–Kier alpha value is -1.74. The third-order valence-electron chi connectivity index (χ3n) is 3.90. The van der Waals surface area contributed by atoms with Gasteiger partial charge in [0, 0.05) is 18.3 Å². The second-order valence-electron chi connectivity index (χ2n) is 5.38. The highest BCUT2D eigenvalue weighted by Gasteiger charge is 2.34. The Labute approximate surface area is 122 Å². The number of rotatable bonds is 3. The van der Waals surface area contributed by atoms with Crippen LogP contribution in [0.15, 0.2) is 18.2 Å². The molecule has 1 unspecified atom stereocenters. The molecule has 2 rings (SSSR count). The van der Waals surface area contributed by atoms with Crippen molar-refractivity contribution in [3.63, 3.8) is 0 Å². The number of benzene rings is 1. The van der Waals surface area contributed by atoms with Gasteiger partial charge in [0.05, 0.1) is 17.2 Å². The van der Waals surface area contributed by atoms with Crippen molar-refractivity contribution in [2.45, 2.75) is 31.5 Å². The molecule has 0 saturated carbocycles. The molecule has 0 aliphatic carbocycles. The standard InChI is InChI=1S/C15H18F3N3/c1-21-7-3-2-4-12(21)10-20-14-6-5-11(9-19)8-13(14)15(16,17)18/h5-6,8,12,20H,2-4,7,10H2,1H3. The molecule has 114 valence electrons. The van der Waals surface area contributed by atoms with E-state index in [1.807, 2.05) is 7.05 Å². The van der Waals surface area contributed by atoms with Gasteiger partial charge in [0.2, 0.25) is 0 Å². The summed E-state index contributed by atoms with van der Waals surface area (Å²) < 4.78 is 39.1. The van der Waals surface area contributed by atoms with Gasteiger partial charge < -0.3 is 10.2 Å². The van der Waals surface area contributed by atoms with Crippen LogP contribution in [0.4, 0.5) is 18.9 Å². The van der Waals surface area contributed by atoms with Crippen molar-refractivity contribution in [2.75, 3.05) is 25.5 Å². The van der Waals surface area contributed by atoms with Gasteiger partial charge >= 0.3 is 6.18 Å². The van der Waals surface area contributed by atoms with Crippen molar-refractivity contribution >= 4 is 5.69 Å². The largest absolute Gasteiger partial charge is 0.418 e. The van der Waals surface area contributed by atoms with Crippen LogP contribution in [0.25, 0.3) is 0 Å². The van der Waals surface area contributed by atoms with E-state index in [9.17, 15) is 13.2 Å². The van der Waals surface area contributed by atoms with Gasteiger partial charge in [-0.3, -0.25) is 0 Å². The molecule has 1 aromatic carbocycles. The molecule has 0 radical (unpaired) electrons. The third kappa shape index (κ3) is 3.88. The van der Waals surface area contributed by atoms with Crippen molar-refractivity contribution in [2.24, 2.45) is 0 Å². The van der Waals surface area contributed by atoms with Crippen molar-refractivity contribution in [3.05, 3.63) is 29.3 Å². The van der Waals surface area contributed by atoms with Gasteiger partial charge in [-0.25, -0.2) is 0 Å². The predicted molar refractivity (Wildman–Crippen MR) is 74.9 cm³/mol. The van der Waals surface area contributed by atoms with E-state index in [2.05, 4.69) is 10.2 Å². The smallest absolute Gasteiger partial charge is 0.383 e. The quantitative estimate of drug-likeness (QED) is 0.928. The number of anilines is 1. The Balaban J connectivity index is 2.14. The molecule has 1 aliphatic rings. The molecular weight excluding hydrogens is 279 g/mol. The fourth-order valence-corrected chi connectivity index (χ4v) is 2.63. The lowest BCUT2D eigenvalue weighted by molar-refractivity contribution is -0.137. The van der Waals surface area contributed by atoms with Gasteiger partial charge in [0.25, 0.3) is 0 Å². The van der Waals surface area contributed by atoms with Crippen molar-refractivity contribution in [1.29, 1.82) is 5.26 Å². The van der Waals surface area contributed by atoms with E-state index < -0.39 is 11.7 Å². The molecule has 1 fully saturated rings. The van der Waals surface area contributed by atoms with E-state index in [0.29, 0.717) is 6.54 Å². The Kier molecular flexibility index (Phi) is 4.73. The summed E-state index contributed by atoms with van der Waals surface area (Å²) >= 11 is 0. The van der Waals surface area contributed by atoms with Crippen molar-refractivity contribution in [3.8, 4) is 6.07 Å². The minimum absolute atomic E-state index is 0.0164. The maximum Gasteiger partial charge on any atom is 0.418 e. The first-order chi connectivity index (χ1) is 9.91. The van der Waals surface area contributed by atoms with E-state index in [1.165, 1.54) is 12.1 Å². The minimum Gasteiger partial charge on any atom is -0.383 e. The van der Waals surface area contributed by atoms with Crippen LogP contribution in [-0.2, 0) is 6.18 Å². The van der Waals surface area contributed by atoms with Gasteiger partial charge in [-0.15, -0.1) is 0 Å². The molecule has 1 heterocycles. The number of nitrogens with one attached hydrogen (secondary N) is 1. The van der Waals surface area contributed by atoms with Gasteiger partial charge in [0.15, 0.2) is 0 Å². The first-order valence-corrected chi connectivity index (χ1v) is 6.97. The molecule has 21 heavy (non-hydrogen) atoms. The third-order valence-corrected chi connectivity index (χ3v) is 3.90. The first kappa shape index (κ1) is 15.6. The van der Waals surface area contributed by atoms with E-state index in [-0.39, 0.29) is 17.3 Å². The Bertz CT molecular complexity index is 534. The second-order valence-corrected chi connectivity index (χ2v) is 5.38. The van der Waals surface area contributed by atoms with Crippen LogP contribution in [0.5, 0.6) is 0 Å². The van der Waals surface area contributed by atoms with E-state index in [4.69, 9.17) is 5.26 Å². The van der Waals surface area contributed by atoms with Crippen LogP contribution in [0.2, 0.25) is 0 Å². The minimum atomic E-state index is -4.46. The molecule has 1 saturated heterocycles. The molecule has 1 aliphatic heterocycles. The van der Waals surface area contributed by atoms with Crippen LogP contribution < -0.4 is 5.32 Å². The lowest BCUT2D eigenvalue weighted by atomic mass is 10.0. The fraction of sp³-hybridized carbons (Fsp3) is 0.533. The van der Waals surface area contributed by atoms with E-state index in [0.717, 1.165) is 31.9 Å². The summed E-state index contributed by atoms with van der Waals surface area (Å²) in [5.41, 5.74) is -0.719. The van der Waals surface area contributed by atoms with E-state index >= 15 is 0 Å². The zero-order valence-corrected chi connectivity index (χ0v) is 11.9. The maximum atomic E-state index is 13.0. The number of likely N-dealkylation sites (tertiary alicyclic amines) is 1. The number of hydrogen-bond donors (Lipinski definition) is 1. The Morgan fingerprint density at radius 2 is 2.14 bits per heavy atom. The summed E-state index contributed by atoms with van der Waals surface area (Å²) in [4.78, 5) is 2.17. The molecule has 3 nitrogen and oxygen atoms in total. The molecule has 0 bridgehead atoms. The van der Waals surface area contributed by atoms with Crippen LogP contribution in [0.1, 0.15) is 30.4 Å². The number of hydrogen-bond acceptors (Lipinski definition) is 3. The van der Waals surface area contributed by atoms with Crippen molar-refractivity contribution < 1.29 is 13.2 Å². The lowest BCUT2D eigenvalue weighted by Crippen LogP contribution is -2.40. The number of likely N-dealkylation sites (N-methyl/N-ethyl adjacent to an activating group) is 1. The number of nitrogens with zero attached hydrogens (tertiary/aromatic N) is 2. The average molecular weight is 297 g/mol. The number of halogens is 3. The average Bonchev–Trinajstić information content (AvgIpc) is 2.45. The summed E-state index contributed by atoms with van der Waals surface area (Å²) in [7, 11) is 1.99. The second kappa shape index (κ2) is 6.35. The highest BCUT2D eigenvalue weighted by molar-refractivity contribution is 5.56. The molecule has 0 aromatic heterocycles. The normalized spacial score (nSPS) is 20.0. The number of piperidine rings is 1. The molecule has 1 N–H and O–H groups in total. The topological polar surface area (TPSA) is 39.1 Å². The number of alkyl halides is 3. The summed E-state index contributed by atoms with van der Waals surface area (Å²) in [6.45, 7) is 1.46. The van der Waals surface area contributed by atoms with Crippen LogP contribution >= 0.6 is 0 Å². The van der Waals surface area contributed by atoms with Gasteiger partial charge in [-0.1, -0.05) is 6.42 Å². The van der Waals surface area contributed by atoms with Gasteiger partial charge in [0.1, 0.15) is 0 Å². The summed E-state index contributed by atoms with van der Waals surface area (Å²) in [6, 6.07) is 5.63. The first-order valence-electron chi connectivity index (χ1n) is 6.97. The molecule has 6 heteroatoms. The molecular formula is C15H18F3N3. The molecule has 1 aromatic rings. The number of nitriles is 1. The summed E-state index contributed by atoms with van der Waals surface area (Å²) in [5.74, 6) is 0. The summed E-state index contributed by atoms with van der Waals surface area (Å²) in [6.07, 6.45) is -1.23. The van der Waals surface area contributed by atoms with Gasteiger partial charge in [-0.05, 0) is 44.6 Å². The van der Waals surface area contributed by atoms with Crippen LogP contribution in [0, 0.1) is 11.3 Å². The fourth-order valence-electron chi connectivity index (χ4n) is 2.63. The van der Waals surface area contributed by atoms with Crippen molar-refractivity contribution in [1.82, 2.24) is 4.90 Å². The Morgan fingerprint density at radius 3 is 2.76 bits per heavy atom. The molecule has 0 amide bonds. The van der Waals surface area contributed by atoms with E-state index in [1.54, 1.807) is 6.07 Å². The molecule has 0 spiro atoms. The SMILES string of the molecule is CN1CCCCC1CNc1ccc(C#N)cc1C(F)(F)F. The summed E-state index contributed by atoms with van der Waals surface area (Å²) in [5, 5.41) is 11.6. The lowest BCUT2D eigenvalue weighted by Gasteiger charge is -2.33. The maximum absolute atomic E-state index is 13.0. The zero-order chi connectivity index (χ0) is 15.5. The van der Waals surface area contributed by atoms with Crippen LogP contribution in [0.3, 0.4) is 0 Å². The van der Waals surface area contributed by atoms with Gasteiger partial charge in [-0.2, -0.15) is 18.4 Å². The molecule has 1 atom stereocenters. The highest BCUT2D eigenvalue weighted by atomic mass is 19.4. The van der Waals surface area contributed by atoms with Crippen LogP contribution in [-0.4, -0.2) is 31.1 Å². The monoisotopic (exact) mass is 297 g/mol. The zero-order valence-electron chi connectivity index (χ0n) is 11.9. The highest BCUT2D eigenvalue weighted by Crippen LogP contribution is 2.35.